The molecular formula is C19H24FNO4. The third kappa shape index (κ3) is 3.84. The molecule has 0 radical (unpaired) electrons. The minimum atomic E-state index is -0.791. The fourth-order valence-electron chi connectivity index (χ4n) is 3.98. The number of likely N-dealkylation sites (tertiary alicyclic amines) is 1. The lowest BCUT2D eigenvalue weighted by molar-refractivity contribution is -0.146. The number of benzene rings is 1. The van der Waals surface area contributed by atoms with Crippen LogP contribution in [0.4, 0.5) is 4.39 Å². The molecule has 1 amide bonds. The highest BCUT2D eigenvalue weighted by Crippen LogP contribution is 2.34. The Kier molecular flexibility index (Phi) is 5.37. The van der Waals surface area contributed by atoms with Gasteiger partial charge in [-0.2, -0.15) is 0 Å². The van der Waals surface area contributed by atoms with E-state index in [1.54, 1.807) is 24.0 Å². The molecule has 0 saturated carbocycles. The van der Waals surface area contributed by atoms with Gasteiger partial charge in [0.15, 0.2) is 0 Å². The van der Waals surface area contributed by atoms with E-state index in [0.717, 1.165) is 12.8 Å². The van der Waals surface area contributed by atoms with Gasteiger partial charge in [0.2, 0.25) is 5.91 Å². The van der Waals surface area contributed by atoms with Crippen LogP contribution in [0.15, 0.2) is 24.3 Å². The molecule has 5 nitrogen and oxygen atoms in total. The second kappa shape index (κ2) is 7.52. The van der Waals surface area contributed by atoms with E-state index >= 15 is 0 Å². The van der Waals surface area contributed by atoms with Crippen molar-refractivity contribution in [3.8, 4) is 0 Å². The van der Waals surface area contributed by atoms with Crippen molar-refractivity contribution in [1.29, 1.82) is 0 Å². The molecule has 0 aliphatic carbocycles. The third-order valence-corrected chi connectivity index (χ3v) is 5.49. The van der Waals surface area contributed by atoms with Crippen molar-refractivity contribution in [3.63, 3.8) is 0 Å². The molecule has 3 atom stereocenters. The summed E-state index contributed by atoms with van der Waals surface area (Å²) in [5, 5.41) is 9.30. The summed E-state index contributed by atoms with van der Waals surface area (Å²) < 4.78 is 19.0. The van der Waals surface area contributed by atoms with Gasteiger partial charge in [0, 0.05) is 19.7 Å². The molecule has 0 aromatic heterocycles. The molecule has 136 valence electrons. The zero-order chi connectivity index (χ0) is 18.0. The zero-order valence-electron chi connectivity index (χ0n) is 14.4. The number of hydrogen-bond acceptors (Lipinski definition) is 3. The van der Waals surface area contributed by atoms with Crippen molar-refractivity contribution in [2.24, 2.45) is 11.8 Å². The number of aliphatic carboxylic acids is 1. The third-order valence-electron chi connectivity index (χ3n) is 5.49. The van der Waals surface area contributed by atoms with Crippen LogP contribution in [0.5, 0.6) is 0 Å². The molecule has 25 heavy (non-hydrogen) atoms. The number of hydrogen-bond donors (Lipinski definition) is 1. The molecule has 3 rings (SSSR count). The molecular weight excluding hydrogens is 325 g/mol. The van der Waals surface area contributed by atoms with Gasteiger partial charge in [-0.05, 0) is 49.8 Å². The number of carbonyl (C=O) groups excluding carboxylic acids is 1. The Morgan fingerprint density at radius 3 is 2.64 bits per heavy atom. The average Bonchev–Trinajstić information content (AvgIpc) is 3.10. The predicted molar refractivity (Wildman–Crippen MR) is 89.6 cm³/mol. The molecule has 2 fully saturated rings. The van der Waals surface area contributed by atoms with E-state index in [1.807, 2.05) is 0 Å². The van der Waals surface area contributed by atoms with Crippen LogP contribution in [0, 0.1) is 17.7 Å². The highest BCUT2D eigenvalue weighted by atomic mass is 19.1. The summed E-state index contributed by atoms with van der Waals surface area (Å²) in [6.45, 7) is 3.48. The molecule has 0 spiro atoms. The number of carbonyl (C=O) groups is 2. The highest BCUT2D eigenvalue weighted by Gasteiger charge is 2.41. The first kappa shape index (κ1) is 17.9. The quantitative estimate of drug-likeness (QED) is 0.907. The largest absolute Gasteiger partial charge is 0.481 e. The van der Waals surface area contributed by atoms with Gasteiger partial charge in [-0.15, -0.1) is 0 Å². The fourth-order valence-corrected chi connectivity index (χ4v) is 3.98. The molecule has 0 bridgehead atoms. The zero-order valence-corrected chi connectivity index (χ0v) is 14.4. The number of carboxylic acid groups (broad SMARTS) is 1. The van der Waals surface area contributed by atoms with Gasteiger partial charge in [0.05, 0.1) is 17.9 Å². The fraction of sp³-hybridized carbons (Fsp3) is 0.579. The molecule has 0 unspecified atom stereocenters. The van der Waals surface area contributed by atoms with Crippen LogP contribution in [0.2, 0.25) is 0 Å². The van der Waals surface area contributed by atoms with Gasteiger partial charge < -0.3 is 14.7 Å². The minimum absolute atomic E-state index is 0.00817. The lowest BCUT2D eigenvalue weighted by Gasteiger charge is -2.36. The molecule has 2 aliphatic rings. The van der Waals surface area contributed by atoms with Crippen LogP contribution in [0.25, 0.3) is 0 Å². The number of rotatable bonds is 4. The molecule has 1 aromatic rings. The Labute approximate surface area is 146 Å². The predicted octanol–water partition coefficient (Wildman–Crippen LogP) is 2.66. The monoisotopic (exact) mass is 349 g/mol. The van der Waals surface area contributed by atoms with Crippen LogP contribution in [-0.4, -0.2) is 47.7 Å². The van der Waals surface area contributed by atoms with Gasteiger partial charge >= 0.3 is 5.97 Å². The maximum absolute atomic E-state index is 13.4. The van der Waals surface area contributed by atoms with Crippen LogP contribution >= 0.6 is 0 Å². The summed E-state index contributed by atoms with van der Waals surface area (Å²) >= 11 is 0. The summed E-state index contributed by atoms with van der Waals surface area (Å²) in [4.78, 5) is 25.8. The normalized spacial score (nSPS) is 25.8. The van der Waals surface area contributed by atoms with Gasteiger partial charge in [-0.3, -0.25) is 9.59 Å². The number of piperidine rings is 1. The van der Waals surface area contributed by atoms with Crippen molar-refractivity contribution >= 4 is 11.9 Å². The minimum Gasteiger partial charge on any atom is -0.481 e. The summed E-state index contributed by atoms with van der Waals surface area (Å²) in [6, 6.07) is 6.15. The number of halogens is 1. The Morgan fingerprint density at radius 1 is 1.28 bits per heavy atom. The first-order valence-electron chi connectivity index (χ1n) is 8.86. The first-order valence-corrected chi connectivity index (χ1v) is 8.86. The highest BCUT2D eigenvalue weighted by molar-refractivity contribution is 5.83. The van der Waals surface area contributed by atoms with E-state index in [2.05, 4.69) is 0 Å². The molecule has 1 aromatic carbocycles. The molecule has 2 heterocycles. The van der Waals surface area contributed by atoms with E-state index < -0.39 is 11.9 Å². The van der Waals surface area contributed by atoms with E-state index in [0.29, 0.717) is 31.7 Å². The first-order chi connectivity index (χ1) is 12.0. The molecule has 1 N–H and O–H groups in total. The van der Waals surface area contributed by atoms with Crippen molar-refractivity contribution in [2.75, 3.05) is 19.7 Å². The average molecular weight is 349 g/mol. The number of carboxylic acids is 1. The van der Waals surface area contributed by atoms with Crippen molar-refractivity contribution < 1.29 is 23.8 Å². The van der Waals surface area contributed by atoms with Gasteiger partial charge in [0.25, 0.3) is 0 Å². The summed E-state index contributed by atoms with van der Waals surface area (Å²) in [5.74, 6) is -1.78. The maximum Gasteiger partial charge on any atom is 0.309 e. The van der Waals surface area contributed by atoms with Crippen molar-refractivity contribution in [3.05, 3.63) is 35.6 Å². The van der Waals surface area contributed by atoms with E-state index in [4.69, 9.17) is 4.74 Å². The van der Waals surface area contributed by atoms with Crippen LogP contribution in [-0.2, 0) is 14.3 Å². The Morgan fingerprint density at radius 2 is 2.00 bits per heavy atom. The van der Waals surface area contributed by atoms with E-state index in [1.165, 1.54) is 12.1 Å². The number of amides is 1. The lowest BCUT2D eigenvalue weighted by atomic mass is 9.84. The van der Waals surface area contributed by atoms with Gasteiger partial charge in [0.1, 0.15) is 5.82 Å². The lowest BCUT2D eigenvalue weighted by Crippen LogP contribution is -2.44. The SMILES string of the molecule is C[C@H](C(=O)N1CCC([C@@H]2OCC[C@H]2C(=O)O)CC1)c1cccc(F)c1. The number of ether oxygens (including phenoxy) is 1. The maximum atomic E-state index is 13.4. The van der Waals surface area contributed by atoms with Gasteiger partial charge in [-0.1, -0.05) is 12.1 Å². The molecule has 2 saturated heterocycles. The summed E-state index contributed by atoms with van der Waals surface area (Å²) in [7, 11) is 0. The van der Waals surface area contributed by atoms with Crippen molar-refractivity contribution in [2.45, 2.75) is 38.2 Å². The van der Waals surface area contributed by atoms with Crippen LogP contribution < -0.4 is 0 Å². The Bertz CT molecular complexity index is 642. The van der Waals surface area contributed by atoms with Gasteiger partial charge in [-0.25, -0.2) is 4.39 Å². The Balaban J connectivity index is 1.58. The smallest absolute Gasteiger partial charge is 0.309 e. The van der Waals surface area contributed by atoms with E-state index in [-0.39, 0.29) is 29.7 Å². The molecule has 2 aliphatic heterocycles. The second-order valence-electron chi connectivity index (χ2n) is 7.01. The number of nitrogens with zero attached hydrogens (tertiary/aromatic N) is 1. The topological polar surface area (TPSA) is 66.8 Å². The molecule has 6 heteroatoms. The second-order valence-corrected chi connectivity index (χ2v) is 7.01. The van der Waals surface area contributed by atoms with Crippen LogP contribution in [0.1, 0.15) is 37.7 Å². The van der Waals surface area contributed by atoms with Crippen molar-refractivity contribution in [1.82, 2.24) is 4.90 Å². The summed E-state index contributed by atoms with van der Waals surface area (Å²) in [5.41, 5.74) is 0.678. The van der Waals surface area contributed by atoms with Crippen LogP contribution in [0.3, 0.4) is 0 Å². The summed E-state index contributed by atoms with van der Waals surface area (Å²) in [6.07, 6.45) is 1.82. The van der Waals surface area contributed by atoms with E-state index in [9.17, 15) is 19.1 Å². The Hall–Kier alpha value is -1.95. The standard InChI is InChI=1S/C19H24FNO4/c1-12(14-3-2-4-15(20)11-14)18(22)21-8-5-13(6-9-21)17-16(19(23)24)7-10-25-17/h2-4,11-13,16-17H,5-10H2,1H3,(H,23,24)/t12-,16+,17-/m0/s1.